The molecule has 7 nitrogen and oxygen atoms in total. The summed E-state index contributed by atoms with van der Waals surface area (Å²) >= 11 is 5.75. The zero-order valence-corrected chi connectivity index (χ0v) is 18.5. The van der Waals surface area contributed by atoms with Crippen LogP contribution in [0.25, 0.3) is 0 Å². The van der Waals surface area contributed by atoms with Crippen LogP contribution in [0.15, 0.2) is 54.7 Å². The molecular formula is C23H25N5O2S. The zero-order chi connectivity index (χ0) is 22.0. The normalized spacial score (nSPS) is 18.2. The smallest absolute Gasteiger partial charge is 0.250 e. The average Bonchev–Trinajstić information content (AvgIpc) is 3.33. The Hall–Kier alpha value is -3.23. The van der Waals surface area contributed by atoms with E-state index in [2.05, 4.69) is 37.6 Å². The predicted octanol–water partition coefficient (Wildman–Crippen LogP) is 3.79. The van der Waals surface area contributed by atoms with Crippen molar-refractivity contribution in [1.82, 2.24) is 15.3 Å². The van der Waals surface area contributed by atoms with Crippen molar-refractivity contribution >= 4 is 34.6 Å². The Morgan fingerprint density at radius 1 is 1.23 bits per heavy atom. The second kappa shape index (κ2) is 8.87. The van der Waals surface area contributed by atoms with Crippen LogP contribution in [0.4, 0.5) is 11.4 Å². The number of methoxy groups -OCH3 is 1. The summed E-state index contributed by atoms with van der Waals surface area (Å²) < 4.78 is 4.90. The van der Waals surface area contributed by atoms with Crippen LogP contribution in [0.5, 0.6) is 0 Å². The molecule has 1 aliphatic rings. The minimum atomic E-state index is -0.188. The lowest BCUT2D eigenvalue weighted by Gasteiger charge is -2.27. The monoisotopic (exact) mass is 435 g/mol. The third-order valence-corrected chi connectivity index (χ3v) is 5.62. The first-order valence-electron chi connectivity index (χ1n) is 10.0. The highest BCUT2D eigenvalue weighted by molar-refractivity contribution is 7.80. The summed E-state index contributed by atoms with van der Waals surface area (Å²) in [6.07, 6.45) is 1.79. The van der Waals surface area contributed by atoms with Crippen molar-refractivity contribution in [1.29, 1.82) is 0 Å². The summed E-state index contributed by atoms with van der Waals surface area (Å²) in [5, 5.41) is 6.95. The van der Waals surface area contributed by atoms with Gasteiger partial charge in [0.15, 0.2) is 5.11 Å². The molecule has 0 bridgehead atoms. The molecule has 2 aromatic heterocycles. The number of carbonyl (C=O) groups excluding carboxylic acids is 1. The number of nitrogens with zero attached hydrogens (tertiary/aromatic N) is 2. The molecule has 0 spiro atoms. The summed E-state index contributed by atoms with van der Waals surface area (Å²) in [7, 11) is 1.50. The van der Waals surface area contributed by atoms with E-state index in [1.807, 2.05) is 50.2 Å². The van der Waals surface area contributed by atoms with E-state index in [-0.39, 0.29) is 24.6 Å². The van der Waals surface area contributed by atoms with E-state index in [1.54, 1.807) is 6.20 Å². The number of carbonyl (C=O) groups is 1. The van der Waals surface area contributed by atoms with Gasteiger partial charge in [-0.15, -0.1) is 0 Å². The molecular weight excluding hydrogens is 410 g/mol. The number of hydrogen-bond acceptors (Lipinski definition) is 4. The maximum absolute atomic E-state index is 11.9. The van der Waals surface area contributed by atoms with Crippen molar-refractivity contribution in [2.45, 2.75) is 25.9 Å². The SMILES string of the molecule is COCC(=O)Nc1ccc(N2C(=S)NC(c3ccccn3)C2c2ccc(C)[nH]2)cc1C. The van der Waals surface area contributed by atoms with Gasteiger partial charge in [-0.2, -0.15) is 0 Å². The fraction of sp³-hybridized carbons (Fsp3) is 0.261. The van der Waals surface area contributed by atoms with Gasteiger partial charge in [0, 0.05) is 36.1 Å². The number of nitrogens with one attached hydrogen (secondary N) is 3. The molecule has 4 rings (SSSR count). The molecule has 31 heavy (non-hydrogen) atoms. The predicted molar refractivity (Wildman–Crippen MR) is 125 cm³/mol. The Kier molecular flexibility index (Phi) is 6.01. The molecule has 3 heterocycles. The Bertz CT molecular complexity index is 1100. The fourth-order valence-electron chi connectivity index (χ4n) is 3.90. The highest BCUT2D eigenvalue weighted by atomic mass is 32.1. The largest absolute Gasteiger partial charge is 0.375 e. The molecule has 2 atom stereocenters. The van der Waals surface area contributed by atoms with Crippen LogP contribution in [-0.4, -0.2) is 34.7 Å². The Balaban J connectivity index is 1.71. The highest BCUT2D eigenvalue weighted by Gasteiger charge is 2.41. The number of hydrogen-bond donors (Lipinski definition) is 3. The molecule has 160 valence electrons. The lowest BCUT2D eigenvalue weighted by Crippen LogP contribution is -2.29. The Labute approximate surface area is 186 Å². The van der Waals surface area contributed by atoms with E-state index in [9.17, 15) is 4.79 Å². The van der Waals surface area contributed by atoms with Crippen LogP contribution in [0.2, 0.25) is 0 Å². The van der Waals surface area contributed by atoms with E-state index in [0.717, 1.165) is 34.0 Å². The number of anilines is 2. The third kappa shape index (κ3) is 4.30. The molecule has 2 unspecified atom stereocenters. The standard InChI is InChI=1S/C23H25N5O2S/c1-14-12-16(8-10-17(14)26-20(29)13-30-3)28-22(19-9-7-15(2)25-19)21(27-23(28)31)18-6-4-5-11-24-18/h4-12,21-22,25H,13H2,1-3H3,(H,26,29)(H,27,31). The number of H-pyrrole nitrogens is 1. The summed E-state index contributed by atoms with van der Waals surface area (Å²) in [6, 6.07) is 15.7. The molecule has 0 radical (unpaired) electrons. The third-order valence-electron chi connectivity index (χ3n) is 5.31. The minimum absolute atomic E-state index is 0.0152. The van der Waals surface area contributed by atoms with Crippen molar-refractivity contribution < 1.29 is 9.53 Å². The van der Waals surface area contributed by atoms with Crippen LogP contribution in [0.1, 0.15) is 34.7 Å². The first-order chi connectivity index (χ1) is 15.0. The molecule has 3 N–H and O–H groups in total. The van der Waals surface area contributed by atoms with E-state index in [4.69, 9.17) is 17.0 Å². The number of pyridine rings is 1. The van der Waals surface area contributed by atoms with Crippen molar-refractivity contribution in [3.8, 4) is 0 Å². The number of aromatic nitrogens is 2. The van der Waals surface area contributed by atoms with Crippen LogP contribution in [-0.2, 0) is 9.53 Å². The van der Waals surface area contributed by atoms with Gasteiger partial charge < -0.3 is 25.3 Å². The van der Waals surface area contributed by atoms with Gasteiger partial charge in [0.05, 0.1) is 11.7 Å². The summed E-state index contributed by atoms with van der Waals surface area (Å²) in [5.74, 6) is -0.188. The van der Waals surface area contributed by atoms with Gasteiger partial charge >= 0.3 is 0 Å². The summed E-state index contributed by atoms with van der Waals surface area (Å²) in [6.45, 7) is 4.01. The van der Waals surface area contributed by atoms with E-state index < -0.39 is 0 Å². The maximum Gasteiger partial charge on any atom is 0.250 e. The van der Waals surface area contributed by atoms with Gasteiger partial charge in [-0.1, -0.05) is 6.07 Å². The van der Waals surface area contributed by atoms with Crippen molar-refractivity contribution in [2.24, 2.45) is 0 Å². The highest BCUT2D eigenvalue weighted by Crippen LogP contribution is 2.41. The Morgan fingerprint density at radius 3 is 2.71 bits per heavy atom. The van der Waals surface area contributed by atoms with E-state index in [0.29, 0.717) is 5.11 Å². The molecule has 0 aliphatic carbocycles. The van der Waals surface area contributed by atoms with Gasteiger partial charge in [-0.25, -0.2) is 0 Å². The lowest BCUT2D eigenvalue weighted by atomic mass is 10.0. The van der Waals surface area contributed by atoms with E-state index in [1.165, 1.54) is 7.11 Å². The number of amides is 1. The second-order valence-corrected chi connectivity index (χ2v) is 7.96. The van der Waals surface area contributed by atoms with Gasteiger partial charge in [-0.05, 0) is 74.1 Å². The number of aryl methyl sites for hydroxylation is 2. The molecule has 1 aliphatic heterocycles. The van der Waals surface area contributed by atoms with Gasteiger partial charge in [-0.3, -0.25) is 9.78 Å². The molecule has 1 fully saturated rings. The van der Waals surface area contributed by atoms with Crippen LogP contribution >= 0.6 is 12.2 Å². The first kappa shape index (κ1) is 21.0. The van der Waals surface area contributed by atoms with Gasteiger partial charge in [0.1, 0.15) is 12.6 Å². The van der Waals surface area contributed by atoms with Crippen LogP contribution in [0.3, 0.4) is 0 Å². The number of ether oxygens (including phenoxy) is 1. The van der Waals surface area contributed by atoms with Gasteiger partial charge in [0.25, 0.3) is 0 Å². The molecule has 1 saturated heterocycles. The van der Waals surface area contributed by atoms with Crippen molar-refractivity contribution in [3.05, 3.63) is 77.4 Å². The fourth-order valence-corrected chi connectivity index (χ4v) is 4.25. The molecule has 1 aromatic carbocycles. The molecule has 3 aromatic rings. The number of thiocarbonyl (C=S) groups is 1. The van der Waals surface area contributed by atoms with Gasteiger partial charge in [0.2, 0.25) is 5.91 Å². The van der Waals surface area contributed by atoms with Crippen LogP contribution < -0.4 is 15.5 Å². The molecule has 0 saturated carbocycles. The summed E-state index contributed by atoms with van der Waals surface area (Å²) in [5.41, 5.74) is 5.68. The molecule has 1 amide bonds. The zero-order valence-electron chi connectivity index (χ0n) is 17.7. The minimum Gasteiger partial charge on any atom is -0.375 e. The van der Waals surface area contributed by atoms with Crippen molar-refractivity contribution in [3.63, 3.8) is 0 Å². The first-order valence-corrected chi connectivity index (χ1v) is 10.4. The van der Waals surface area contributed by atoms with Crippen molar-refractivity contribution in [2.75, 3.05) is 23.9 Å². The number of rotatable bonds is 6. The topological polar surface area (TPSA) is 82.3 Å². The maximum atomic E-state index is 11.9. The quantitative estimate of drug-likeness (QED) is 0.511. The number of benzene rings is 1. The summed E-state index contributed by atoms with van der Waals surface area (Å²) in [4.78, 5) is 22.0. The average molecular weight is 436 g/mol. The van der Waals surface area contributed by atoms with E-state index >= 15 is 0 Å². The Morgan fingerprint density at radius 2 is 2.06 bits per heavy atom. The number of aromatic amines is 1. The second-order valence-electron chi connectivity index (χ2n) is 7.57. The molecule has 8 heteroatoms. The van der Waals surface area contributed by atoms with Crippen LogP contribution in [0, 0.1) is 13.8 Å². The lowest BCUT2D eigenvalue weighted by molar-refractivity contribution is -0.119.